The maximum Gasteiger partial charge on any atom is 0.224 e. The van der Waals surface area contributed by atoms with Gasteiger partial charge in [0.1, 0.15) is 17.5 Å². The van der Waals surface area contributed by atoms with Crippen molar-refractivity contribution in [2.24, 2.45) is 0 Å². The molecule has 1 aliphatic carbocycles. The summed E-state index contributed by atoms with van der Waals surface area (Å²) in [6.07, 6.45) is 2.75. The zero-order chi connectivity index (χ0) is 14.5. The number of carbonyl (C=O) groups excluding carboxylic acids is 1. The van der Waals surface area contributed by atoms with Crippen LogP contribution in [-0.4, -0.2) is 40.4 Å². The fourth-order valence-electron chi connectivity index (χ4n) is 2.13. The van der Waals surface area contributed by atoms with E-state index in [0.717, 1.165) is 31.8 Å². The molecule has 0 spiro atoms. The van der Waals surface area contributed by atoms with E-state index >= 15 is 0 Å². The number of anilines is 2. The van der Waals surface area contributed by atoms with Gasteiger partial charge in [-0.1, -0.05) is 0 Å². The number of nitrogens with one attached hydrogen (secondary N) is 1. The molecule has 0 saturated heterocycles. The first kappa shape index (κ1) is 14.6. The average molecular weight is 277 g/mol. The van der Waals surface area contributed by atoms with Crippen molar-refractivity contribution >= 4 is 17.5 Å². The van der Waals surface area contributed by atoms with E-state index < -0.39 is 0 Å². The van der Waals surface area contributed by atoms with E-state index in [2.05, 4.69) is 15.3 Å². The molecule has 6 nitrogen and oxygen atoms in total. The Balaban J connectivity index is 1.86. The molecule has 0 radical (unpaired) electrons. The van der Waals surface area contributed by atoms with Crippen LogP contribution in [0.2, 0.25) is 0 Å². The van der Waals surface area contributed by atoms with Crippen LogP contribution in [0.4, 0.5) is 11.6 Å². The van der Waals surface area contributed by atoms with Crippen LogP contribution < -0.4 is 11.1 Å². The highest BCUT2D eigenvalue weighted by Crippen LogP contribution is 2.38. The van der Waals surface area contributed by atoms with Crippen LogP contribution in [0.5, 0.6) is 0 Å². The van der Waals surface area contributed by atoms with Crippen LogP contribution in [0.1, 0.15) is 44.9 Å². The molecular weight excluding hydrogens is 254 g/mol. The van der Waals surface area contributed by atoms with Gasteiger partial charge >= 0.3 is 0 Å². The number of nitrogens with two attached hydrogens (primary N) is 1. The summed E-state index contributed by atoms with van der Waals surface area (Å²) < 4.78 is 0. The molecule has 1 aromatic heterocycles. The summed E-state index contributed by atoms with van der Waals surface area (Å²) in [5, 5.41) is 3.16. The number of aromatic nitrogens is 2. The number of amides is 1. The van der Waals surface area contributed by atoms with Gasteiger partial charge in [-0.25, -0.2) is 9.97 Å². The van der Waals surface area contributed by atoms with Crippen LogP contribution in [0.25, 0.3) is 0 Å². The number of nitrogen functional groups attached to an aromatic ring is 1. The molecule has 0 bridgehead atoms. The highest BCUT2D eigenvalue weighted by atomic mass is 16.2. The van der Waals surface area contributed by atoms with Crippen molar-refractivity contribution in [2.45, 2.75) is 39.0 Å². The van der Waals surface area contributed by atoms with Crippen LogP contribution >= 0.6 is 0 Å². The van der Waals surface area contributed by atoms with E-state index in [1.165, 1.54) is 0 Å². The average Bonchev–Trinajstić information content (AvgIpc) is 3.24. The summed E-state index contributed by atoms with van der Waals surface area (Å²) in [5.41, 5.74) is 5.78. The predicted molar refractivity (Wildman–Crippen MR) is 79.5 cm³/mol. The lowest BCUT2D eigenvalue weighted by molar-refractivity contribution is -0.130. The molecule has 1 aliphatic rings. The molecule has 1 amide bonds. The van der Waals surface area contributed by atoms with Crippen LogP contribution in [0.3, 0.4) is 0 Å². The molecule has 1 fully saturated rings. The largest absolute Gasteiger partial charge is 0.384 e. The zero-order valence-electron chi connectivity index (χ0n) is 12.2. The molecule has 20 heavy (non-hydrogen) atoms. The van der Waals surface area contributed by atoms with Crippen LogP contribution in [0, 0.1) is 0 Å². The Morgan fingerprint density at radius 2 is 2.10 bits per heavy atom. The summed E-state index contributed by atoms with van der Waals surface area (Å²) >= 11 is 0. The van der Waals surface area contributed by atoms with Gasteiger partial charge in [0.2, 0.25) is 5.91 Å². The Bertz CT molecular complexity index is 469. The Hall–Kier alpha value is -1.85. The molecule has 0 atom stereocenters. The smallest absolute Gasteiger partial charge is 0.224 e. The van der Waals surface area contributed by atoms with Gasteiger partial charge in [-0.05, 0) is 26.7 Å². The second kappa shape index (κ2) is 6.54. The number of hydrogen-bond acceptors (Lipinski definition) is 5. The lowest BCUT2D eigenvalue weighted by Crippen LogP contribution is -2.31. The van der Waals surface area contributed by atoms with Gasteiger partial charge in [0.05, 0.1) is 0 Å². The molecule has 3 N–H and O–H groups in total. The number of nitrogens with zero attached hydrogens (tertiary/aromatic N) is 3. The second-order valence-electron chi connectivity index (χ2n) is 5.05. The molecule has 0 aliphatic heterocycles. The van der Waals surface area contributed by atoms with Crippen molar-refractivity contribution < 1.29 is 4.79 Å². The van der Waals surface area contributed by atoms with E-state index in [-0.39, 0.29) is 5.91 Å². The fourth-order valence-corrected chi connectivity index (χ4v) is 2.13. The van der Waals surface area contributed by atoms with Gasteiger partial charge in [-0.3, -0.25) is 4.79 Å². The van der Waals surface area contributed by atoms with Gasteiger partial charge in [-0.15, -0.1) is 0 Å². The SMILES string of the molecule is CCN(CC)C(=O)CCNc1cc(N)nc(C2CC2)n1. The number of rotatable bonds is 7. The highest BCUT2D eigenvalue weighted by molar-refractivity contribution is 5.76. The van der Waals surface area contributed by atoms with Gasteiger partial charge in [0, 0.05) is 38.0 Å². The molecular formula is C14H23N5O. The lowest BCUT2D eigenvalue weighted by atomic mass is 10.3. The Kier molecular flexibility index (Phi) is 4.76. The van der Waals surface area contributed by atoms with Gasteiger partial charge in [0.15, 0.2) is 0 Å². The highest BCUT2D eigenvalue weighted by Gasteiger charge is 2.27. The Morgan fingerprint density at radius 1 is 1.40 bits per heavy atom. The van der Waals surface area contributed by atoms with E-state index in [9.17, 15) is 4.79 Å². The maximum absolute atomic E-state index is 11.9. The molecule has 110 valence electrons. The van der Waals surface area contributed by atoms with Crippen LogP contribution in [-0.2, 0) is 4.79 Å². The zero-order valence-corrected chi connectivity index (χ0v) is 12.2. The van der Waals surface area contributed by atoms with Crippen molar-refractivity contribution in [1.82, 2.24) is 14.9 Å². The topological polar surface area (TPSA) is 84.1 Å². The van der Waals surface area contributed by atoms with Crippen molar-refractivity contribution in [2.75, 3.05) is 30.7 Å². The van der Waals surface area contributed by atoms with Crippen molar-refractivity contribution in [1.29, 1.82) is 0 Å². The number of hydrogen-bond donors (Lipinski definition) is 2. The summed E-state index contributed by atoms with van der Waals surface area (Å²) in [6.45, 7) is 6.04. The first-order valence-electron chi connectivity index (χ1n) is 7.30. The van der Waals surface area contributed by atoms with E-state index in [1.54, 1.807) is 6.07 Å². The molecule has 0 unspecified atom stereocenters. The van der Waals surface area contributed by atoms with Crippen molar-refractivity contribution in [3.8, 4) is 0 Å². The monoisotopic (exact) mass is 277 g/mol. The van der Waals surface area contributed by atoms with Gasteiger partial charge < -0.3 is 16.0 Å². The minimum atomic E-state index is 0.159. The molecule has 1 saturated carbocycles. The van der Waals surface area contributed by atoms with Crippen molar-refractivity contribution in [3.05, 3.63) is 11.9 Å². The molecule has 6 heteroatoms. The minimum absolute atomic E-state index is 0.159. The first-order chi connectivity index (χ1) is 9.63. The molecule has 1 aromatic rings. The normalized spacial score (nSPS) is 14.1. The maximum atomic E-state index is 11.9. The van der Waals surface area contributed by atoms with E-state index in [1.807, 2.05) is 18.7 Å². The predicted octanol–water partition coefficient (Wildman–Crippen LogP) is 1.61. The Labute approximate surface area is 119 Å². The standard InChI is InChI=1S/C14H23N5O/c1-3-19(4-2)13(20)7-8-16-12-9-11(15)17-14(18-12)10-5-6-10/h9-10H,3-8H2,1-2H3,(H3,15,16,17,18). The third-order valence-electron chi connectivity index (χ3n) is 3.47. The minimum Gasteiger partial charge on any atom is -0.384 e. The molecule has 2 rings (SSSR count). The van der Waals surface area contributed by atoms with E-state index in [4.69, 9.17) is 5.73 Å². The lowest BCUT2D eigenvalue weighted by Gasteiger charge is -2.18. The summed E-state index contributed by atoms with van der Waals surface area (Å²) in [6, 6.07) is 1.72. The second-order valence-corrected chi connectivity index (χ2v) is 5.05. The van der Waals surface area contributed by atoms with Gasteiger partial charge in [-0.2, -0.15) is 0 Å². The third-order valence-corrected chi connectivity index (χ3v) is 3.47. The fraction of sp³-hybridized carbons (Fsp3) is 0.643. The van der Waals surface area contributed by atoms with Crippen LogP contribution in [0.15, 0.2) is 6.07 Å². The number of carbonyl (C=O) groups is 1. The third kappa shape index (κ3) is 3.82. The Morgan fingerprint density at radius 3 is 2.70 bits per heavy atom. The first-order valence-corrected chi connectivity index (χ1v) is 7.30. The quantitative estimate of drug-likeness (QED) is 0.791. The van der Waals surface area contributed by atoms with E-state index in [0.29, 0.717) is 30.5 Å². The van der Waals surface area contributed by atoms with Crippen molar-refractivity contribution in [3.63, 3.8) is 0 Å². The van der Waals surface area contributed by atoms with Gasteiger partial charge in [0.25, 0.3) is 0 Å². The molecule has 0 aromatic carbocycles. The summed E-state index contributed by atoms with van der Waals surface area (Å²) in [4.78, 5) is 22.4. The molecule has 1 heterocycles. The summed E-state index contributed by atoms with van der Waals surface area (Å²) in [5.74, 6) is 2.65. The summed E-state index contributed by atoms with van der Waals surface area (Å²) in [7, 11) is 0.